The van der Waals surface area contributed by atoms with Gasteiger partial charge in [0.1, 0.15) is 5.69 Å². The maximum Gasteiger partial charge on any atom is 0.338 e. The number of rotatable bonds is 7. The number of nitro groups is 1. The van der Waals surface area contributed by atoms with Crippen LogP contribution in [0.4, 0.5) is 17.1 Å². The zero-order valence-corrected chi connectivity index (χ0v) is 16.3. The van der Waals surface area contributed by atoms with E-state index in [1.807, 2.05) is 32.0 Å². The Bertz CT molecular complexity index is 909. The number of benzene rings is 2. The molecule has 0 bridgehead atoms. The van der Waals surface area contributed by atoms with E-state index in [1.54, 1.807) is 19.0 Å². The molecule has 1 N–H and O–H groups in total. The van der Waals surface area contributed by atoms with Crippen molar-refractivity contribution in [3.05, 3.63) is 63.2 Å². The molecule has 2 aromatic carbocycles. The van der Waals surface area contributed by atoms with Gasteiger partial charge in [0.25, 0.3) is 11.6 Å². The van der Waals surface area contributed by atoms with Crippen LogP contribution >= 0.6 is 0 Å². The number of esters is 1. The lowest BCUT2D eigenvalue weighted by molar-refractivity contribution is -0.384. The number of carbonyl (C=O) groups is 2. The number of anilines is 2. The number of ether oxygens (including phenoxy) is 1. The molecule has 148 valence electrons. The zero-order valence-electron chi connectivity index (χ0n) is 16.3. The number of hydrogen-bond acceptors (Lipinski definition) is 6. The average molecular weight is 385 g/mol. The summed E-state index contributed by atoms with van der Waals surface area (Å²) in [6.45, 7) is 3.38. The van der Waals surface area contributed by atoms with Crippen molar-refractivity contribution in [3.63, 3.8) is 0 Å². The summed E-state index contributed by atoms with van der Waals surface area (Å²) in [5.74, 6) is -1.28. The molecule has 0 atom stereocenters. The lowest BCUT2D eigenvalue weighted by atomic mass is 10.1. The number of carbonyl (C=O) groups excluding carboxylic acids is 2. The van der Waals surface area contributed by atoms with Gasteiger partial charge in [0.05, 0.1) is 10.5 Å². The Morgan fingerprint density at radius 1 is 1.21 bits per heavy atom. The number of nitrogens with one attached hydrogen (secondary N) is 1. The Morgan fingerprint density at radius 2 is 1.93 bits per heavy atom. The van der Waals surface area contributed by atoms with E-state index in [0.29, 0.717) is 11.4 Å². The normalized spacial score (nSPS) is 10.3. The minimum atomic E-state index is -0.802. The number of para-hydroxylation sites is 1. The molecule has 0 heterocycles. The molecule has 0 fully saturated rings. The monoisotopic (exact) mass is 385 g/mol. The van der Waals surface area contributed by atoms with Crippen molar-refractivity contribution in [2.75, 3.05) is 30.9 Å². The maximum atomic E-state index is 12.2. The summed E-state index contributed by atoms with van der Waals surface area (Å²) < 4.78 is 5.02. The fourth-order valence-corrected chi connectivity index (χ4v) is 2.77. The van der Waals surface area contributed by atoms with Gasteiger partial charge in [-0.05, 0) is 36.6 Å². The fraction of sp³-hybridized carbons (Fsp3) is 0.300. The summed E-state index contributed by atoms with van der Waals surface area (Å²) in [4.78, 5) is 36.6. The van der Waals surface area contributed by atoms with Crippen LogP contribution in [0, 0.1) is 17.0 Å². The molecule has 0 spiro atoms. The van der Waals surface area contributed by atoms with Gasteiger partial charge in [-0.15, -0.1) is 0 Å². The third kappa shape index (κ3) is 4.85. The van der Waals surface area contributed by atoms with Crippen molar-refractivity contribution >= 4 is 28.9 Å². The minimum Gasteiger partial charge on any atom is -0.452 e. The molecule has 0 aliphatic rings. The minimum absolute atomic E-state index is 0.00948. The SMILES string of the molecule is CCc1cccc(C)c1NC(=O)COC(=O)c1ccc(N(C)C)c([N+](=O)[O-])c1. The lowest BCUT2D eigenvalue weighted by Crippen LogP contribution is -2.22. The molecular weight excluding hydrogens is 362 g/mol. The first-order chi connectivity index (χ1) is 13.2. The number of aryl methyl sites for hydroxylation is 2. The predicted molar refractivity (Wildman–Crippen MR) is 107 cm³/mol. The summed E-state index contributed by atoms with van der Waals surface area (Å²) in [7, 11) is 3.33. The van der Waals surface area contributed by atoms with Gasteiger partial charge < -0.3 is 15.0 Å². The third-order valence-corrected chi connectivity index (χ3v) is 4.23. The van der Waals surface area contributed by atoms with Crippen LogP contribution in [-0.4, -0.2) is 37.5 Å². The van der Waals surface area contributed by atoms with Crippen LogP contribution in [0.1, 0.15) is 28.4 Å². The highest BCUT2D eigenvalue weighted by atomic mass is 16.6. The van der Waals surface area contributed by atoms with E-state index in [2.05, 4.69) is 5.32 Å². The smallest absolute Gasteiger partial charge is 0.338 e. The summed E-state index contributed by atoms with van der Waals surface area (Å²) in [5, 5.41) is 14.0. The number of hydrogen-bond donors (Lipinski definition) is 1. The first-order valence-electron chi connectivity index (χ1n) is 8.75. The van der Waals surface area contributed by atoms with E-state index in [9.17, 15) is 19.7 Å². The predicted octanol–water partition coefficient (Wildman–Crippen LogP) is 3.33. The molecule has 8 heteroatoms. The van der Waals surface area contributed by atoms with Crippen LogP contribution in [0.5, 0.6) is 0 Å². The quantitative estimate of drug-likeness (QED) is 0.446. The van der Waals surface area contributed by atoms with E-state index in [-0.39, 0.29) is 11.3 Å². The van der Waals surface area contributed by atoms with Crippen molar-refractivity contribution in [1.29, 1.82) is 0 Å². The summed E-state index contributed by atoms with van der Waals surface area (Å²) in [6, 6.07) is 9.75. The standard InChI is InChI=1S/C20H23N3O5/c1-5-14-8-6-7-13(2)19(14)21-18(24)12-28-20(25)15-9-10-16(22(3)4)17(11-15)23(26)27/h6-11H,5,12H2,1-4H3,(H,21,24). The summed E-state index contributed by atoms with van der Waals surface area (Å²) >= 11 is 0. The highest BCUT2D eigenvalue weighted by molar-refractivity contribution is 5.97. The van der Waals surface area contributed by atoms with E-state index in [4.69, 9.17) is 4.74 Å². The van der Waals surface area contributed by atoms with Crippen LogP contribution < -0.4 is 10.2 Å². The Labute approximate surface area is 163 Å². The maximum absolute atomic E-state index is 12.2. The zero-order chi connectivity index (χ0) is 20.8. The molecule has 8 nitrogen and oxygen atoms in total. The Kier molecular flexibility index (Phi) is 6.70. The Morgan fingerprint density at radius 3 is 2.54 bits per heavy atom. The van der Waals surface area contributed by atoms with Gasteiger partial charge in [0, 0.05) is 25.8 Å². The Balaban J connectivity index is 2.07. The number of nitro benzene ring substituents is 1. The molecule has 0 aromatic heterocycles. The second-order valence-electron chi connectivity index (χ2n) is 6.44. The first kappa shape index (κ1) is 20.9. The van der Waals surface area contributed by atoms with Gasteiger partial charge >= 0.3 is 5.97 Å². The van der Waals surface area contributed by atoms with E-state index in [0.717, 1.165) is 23.6 Å². The molecule has 0 saturated heterocycles. The van der Waals surface area contributed by atoms with Crippen molar-refractivity contribution in [3.8, 4) is 0 Å². The van der Waals surface area contributed by atoms with Crippen molar-refractivity contribution < 1.29 is 19.2 Å². The van der Waals surface area contributed by atoms with Crippen LogP contribution in [0.25, 0.3) is 0 Å². The van der Waals surface area contributed by atoms with Crippen molar-refractivity contribution in [2.45, 2.75) is 20.3 Å². The van der Waals surface area contributed by atoms with Crippen LogP contribution in [0.15, 0.2) is 36.4 Å². The van der Waals surface area contributed by atoms with Crippen LogP contribution in [0.2, 0.25) is 0 Å². The van der Waals surface area contributed by atoms with Gasteiger partial charge in [-0.2, -0.15) is 0 Å². The molecule has 0 radical (unpaired) electrons. The highest BCUT2D eigenvalue weighted by Gasteiger charge is 2.20. The van der Waals surface area contributed by atoms with Gasteiger partial charge in [-0.3, -0.25) is 14.9 Å². The van der Waals surface area contributed by atoms with E-state index < -0.39 is 23.4 Å². The van der Waals surface area contributed by atoms with Crippen LogP contribution in [-0.2, 0) is 16.0 Å². The van der Waals surface area contributed by atoms with Gasteiger partial charge in [-0.1, -0.05) is 25.1 Å². The van der Waals surface area contributed by atoms with Crippen molar-refractivity contribution in [1.82, 2.24) is 0 Å². The second kappa shape index (κ2) is 8.98. The fourth-order valence-electron chi connectivity index (χ4n) is 2.77. The molecule has 0 saturated carbocycles. The molecule has 28 heavy (non-hydrogen) atoms. The lowest BCUT2D eigenvalue weighted by Gasteiger charge is -2.14. The van der Waals surface area contributed by atoms with E-state index >= 15 is 0 Å². The number of nitrogens with zero attached hydrogens (tertiary/aromatic N) is 2. The topological polar surface area (TPSA) is 102 Å². The number of amides is 1. The van der Waals surface area contributed by atoms with Crippen molar-refractivity contribution in [2.24, 2.45) is 0 Å². The third-order valence-electron chi connectivity index (χ3n) is 4.23. The summed E-state index contributed by atoms with van der Waals surface area (Å²) in [6.07, 6.45) is 0.749. The van der Waals surface area contributed by atoms with Crippen LogP contribution in [0.3, 0.4) is 0 Å². The Hall–Kier alpha value is -3.42. The van der Waals surface area contributed by atoms with Gasteiger partial charge in [0.15, 0.2) is 6.61 Å². The van der Waals surface area contributed by atoms with Gasteiger partial charge in [-0.25, -0.2) is 4.79 Å². The molecule has 1 amide bonds. The van der Waals surface area contributed by atoms with E-state index in [1.165, 1.54) is 12.1 Å². The second-order valence-corrected chi connectivity index (χ2v) is 6.44. The molecule has 2 aromatic rings. The summed E-state index contributed by atoms with van der Waals surface area (Å²) in [5.41, 5.74) is 2.76. The largest absolute Gasteiger partial charge is 0.452 e. The highest BCUT2D eigenvalue weighted by Crippen LogP contribution is 2.28. The molecule has 0 aliphatic carbocycles. The molecular formula is C20H23N3O5. The average Bonchev–Trinajstić information content (AvgIpc) is 2.66. The van der Waals surface area contributed by atoms with Gasteiger partial charge in [0.2, 0.25) is 0 Å². The molecule has 2 rings (SSSR count). The first-order valence-corrected chi connectivity index (χ1v) is 8.75. The molecule has 0 aliphatic heterocycles. The molecule has 0 unspecified atom stereocenters.